The van der Waals surface area contributed by atoms with Crippen molar-refractivity contribution in [1.82, 2.24) is 0 Å². The first-order valence-corrected chi connectivity index (χ1v) is 8.97. The van der Waals surface area contributed by atoms with Gasteiger partial charge in [0.05, 0.1) is 6.61 Å². The molecule has 0 saturated heterocycles. The van der Waals surface area contributed by atoms with Gasteiger partial charge in [-0.1, -0.05) is 6.42 Å². The van der Waals surface area contributed by atoms with Gasteiger partial charge in [-0.2, -0.15) is 0 Å². The van der Waals surface area contributed by atoms with Gasteiger partial charge in [0.25, 0.3) is 0 Å². The Bertz CT molecular complexity index is 433. The fourth-order valence-corrected chi connectivity index (χ4v) is 2.29. The minimum Gasteiger partial charge on any atom is -0.508 e. The van der Waals surface area contributed by atoms with Gasteiger partial charge in [0.1, 0.15) is 11.5 Å². The summed E-state index contributed by atoms with van der Waals surface area (Å²) in [5, 5.41) is 18.8. The lowest BCUT2D eigenvalue weighted by molar-refractivity contribution is 0.321. The molecule has 0 aliphatic heterocycles. The third-order valence-electron chi connectivity index (χ3n) is 2.40. The molecule has 18 heavy (non-hydrogen) atoms. The highest BCUT2D eigenvalue weighted by Gasteiger charge is 2.13. The molecule has 1 rings (SSSR count). The summed E-state index contributed by atoms with van der Waals surface area (Å²) in [6.45, 7) is 0.246. The Morgan fingerprint density at radius 2 is 1.89 bits per heavy atom. The van der Waals surface area contributed by atoms with Crippen LogP contribution < -0.4 is 0 Å². The van der Waals surface area contributed by atoms with Crippen molar-refractivity contribution in [3.05, 3.63) is 23.8 Å². The van der Waals surface area contributed by atoms with Gasteiger partial charge in [-0.3, -0.25) is 4.57 Å². The molecule has 7 heteroatoms. The summed E-state index contributed by atoms with van der Waals surface area (Å²) in [5.41, 5.74) is 0.705. The Morgan fingerprint density at radius 1 is 1.17 bits per heavy atom. The minimum atomic E-state index is -3.42. The van der Waals surface area contributed by atoms with E-state index < -0.39 is 6.07 Å². The molecule has 0 amide bonds. The number of hydrogen-bond acceptors (Lipinski definition) is 4. The zero-order chi connectivity index (χ0) is 13.6. The molecule has 0 saturated carbocycles. The summed E-state index contributed by atoms with van der Waals surface area (Å²) < 4.78 is 15.5. The molecule has 0 radical (unpaired) electrons. The summed E-state index contributed by atoms with van der Waals surface area (Å²) in [5.74, 6) is 0.311. The average Bonchev–Trinajstić information content (AvgIpc) is 2.26. The van der Waals surface area contributed by atoms with Crippen molar-refractivity contribution in [2.75, 3.05) is 6.61 Å². The van der Waals surface area contributed by atoms with Gasteiger partial charge >= 0.3 is 6.07 Å². The number of unbranched alkanes of at least 4 members (excludes halogenated alkanes) is 2. The second kappa shape index (κ2) is 7.25. The first kappa shape index (κ1) is 15.6. The molecule has 0 aliphatic carbocycles. The lowest BCUT2D eigenvalue weighted by atomic mass is 10.1. The Hall–Kier alpha value is -0.410. The first-order valence-electron chi connectivity index (χ1n) is 5.53. The molecular weight excluding hydrogens is 298 g/mol. The maximum atomic E-state index is 10.8. The Kier molecular flexibility index (Phi) is 6.30. The predicted molar refractivity (Wildman–Crippen MR) is 72.6 cm³/mol. The number of halogens is 2. The summed E-state index contributed by atoms with van der Waals surface area (Å²) in [4.78, 5) is 0. The second-order valence-electron chi connectivity index (χ2n) is 3.87. The van der Waals surface area contributed by atoms with Gasteiger partial charge in [0.15, 0.2) is 0 Å². The van der Waals surface area contributed by atoms with Crippen LogP contribution in [0.3, 0.4) is 0 Å². The zero-order valence-electron chi connectivity index (χ0n) is 9.68. The van der Waals surface area contributed by atoms with E-state index in [-0.39, 0.29) is 18.1 Å². The highest BCUT2D eigenvalue weighted by Crippen LogP contribution is 2.57. The largest absolute Gasteiger partial charge is 0.508 e. The second-order valence-corrected chi connectivity index (χ2v) is 8.15. The molecule has 0 bridgehead atoms. The van der Waals surface area contributed by atoms with Crippen molar-refractivity contribution in [1.29, 1.82) is 0 Å². The number of phenols is 2. The third kappa shape index (κ3) is 6.50. The summed E-state index contributed by atoms with van der Waals surface area (Å²) in [6.07, 6.45) is -0.442. The minimum absolute atomic E-state index is 0.136. The van der Waals surface area contributed by atoms with Gasteiger partial charge in [0.2, 0.25) is 0 Å². The van der Waals surface area contributed by atoms with Crippen LogP contribution in [0.1, 0.15) is 24.8 Å². The molecular formula is C11H15Cl2O4P. The smallest absolute Gasteiger partial charge is 0.380 e. The SMILES string of the molecule is O=P(Cl)(Cl)OCCCCCc1cc(O)ccc1O. The Morgan fingerprint density at radius 3 is 2.56 bits per heavy atom. The summed E-state index contributed by atoms with van der Waals surface area (Å²) in [7, 11) is 0. The van der Waals surface area contributed by atoms with E-state index in [1.807, 2.05) is 0 Å². The van der Waals surface area contributed by atoms with Crippen LogP contribution in [0.5, 0.6) is 11.5 Å². The number of benzene rings is 1. The molecule has 0 aromatic heterocycles. The van der Waals surface area contributed by atoms with Crippen molar-refractivity contribution in [3.8, 4) is 11.5 Å². The van der Waals surface area contributed by atoms with E-state index in [4.69, 9.17) is 27.0 Å². The van der Waals surface area contributed by atoms with Crippen LogP contribution in [-0.4, -0.2) is 16.8 Å². The van der Waals surface area contributed by atoms with Crippen molar-refractivity contribution in [2.24, 2.45) is 0 Å². The number of hydrogen-bond donors (Lipinski definition) is 2. The van der Waals surface area contributed by atoms with Crippen LogP contribution in [0.4, 0.5) is 0 Å². The van der Waals surface area contributed by atoms with Crippen LogP contribution in [0, 0.1) is 0 Å². The van der Waals surface area contributed by atoms with Gasteiger partial charge in [-0.15, -0.1) is 0 Å². The van der Waals surface area contributed by atoms with Crippen LogP contribution in [0.2, 0.25) is 0 Å². The van der Waals surface area contributed by atoms with Crippen molar-refractivity contribution >= 4 is 28.6 Å². The fraction of sp³-hybridized carbons (Fsp3) is 0.455. The molecule has 0 unspecified atom stereocenters. The zero-order valence-corrected chi connectivity index (χ0v) is 12.1. The van der Waals surface area contributed by atoms with E-state index in [9.17, 15) is 14.8 Å². The highest BCUT2D eigenvalue weighted by molar-refractivity contribution is 8.05. The van der Waals surface area contributed by atoms with Crippen LogP contribution in [0.25, 0.3) is 0 Å². The van der Waals surface area contributed by atoms with E-state index in [0.29, 0.717) is 18.4 Å². The number of aromatic hydroxyl groups is 2. The standard InChI is InChI=1S/C11H15Cl2O4P/c12-18(13,16)17-7-3-1-2-4-9-8-10(14)5-6-11(9)15/h5-6,8,14-15H,1-4,7H2. The van der Waals surface area contributed by atoms with Gasteiger partial charge < -0.3 is 14.7 Å². The van der Waals surface area contributed by atoms with Crippen molar-refractivity contribution in [2.45, 2.75) is 25.7 Å². The fourth-order valence-electron chi connectivity index (χ4n) is 1.54. The highest BCUT2D eigenvalue weighted by atomic mass is 35.9. The van der Waals surface area contributed by atoms with Crippen LogP contribution >= 0.6 is 28.6 Å². The number of aryl methyl sites for hydroxylation is 1. The molecule has 102 valence electrons. The van der Waals surface area contributed by atoms with Gasteiger partial charge in [-0.05, 0) is 65.5 Å². The molecule has 2 N–H and O–H groups in total. The molecule has 0 spiro atoms. The molecule has 4 nitrogen and oxygen atoms in total. The summed E-state index contributed by atoms with van der Waals surface area (Å²) in [6, 6.07) is 4.44. The lowest BCUT2D eigenvalue weighted by Gasteiger charge is -2.06. The quantitative estimate of drug-likeness (QED) is 0.444. The molecule has 1 aromatic rings. The van der Waals surface area contributed by atoms with E-state index in [1.54, 1.807) is 0 Å². The lowest BCUT2D eigenvalue weighted by Crippen LogP contribution is -1.91. The predicted octanol–water partition coefficient (Wildman–Crippen LogP) is 4.41. The monoisotopic (exact) mass is 312 g/mol. The Labute approximate surface area is 116 Å². The van der Waals surface area contributed by atoms with Gasteiger partial charge in [-0.25, -0.2) is 0 Å². The normalized spacial score (nSPS) is 11.7. The van der Waals surface area contributed by atoms with E-state index in [2.05, 4.69) is 0 Å². The number of phenolic OH excluding ortho intramolecular Hbond substituents is 2. The van der Waals surface area contributed by atoms with Crippen molar-refractivity contribution < 1.29 is 19.3 Å². The van der Waals surface area contributed by atoms with E-state index >= 15 is 0 Å². The third-order valence-corrected chi connectivity index (χ3v) is 3.46. The first-order chi connectivity index (χ1) is 8.38. The topological polar surface area (TPSA) is 66.8 Å². The summed E-state index contributed by atoms with van der Waals surface area (Å²) >= 11 is 10.4. The maximum absolute atomic E-state index is 10.8. The van der Waals surface area contributed by atoms with Crippen molar-refractivity contribution in [3.63, 3.8) is 0 Å². The van der Waals surface area contributed by atoms with E-state index in [1.165, 1.54) is 18.2 Å². The average molecular weight is 313 g/mol. The van der Waals surface area contributed by atoms with Gasteiger partial charge in [0, 0.05) is 0 Å². The van der Waals surface area contributed by atoms with Crippen LogP contribution in [0.15, 0.2) is 18.2 Å². The molecule has 0 aliphatic rings. The van der Waals surface area contributed by atoms with E-state index in [0.717, 1.165) is 12.8 Å². The molecule has 0 heterocycles. The number of rotatable bonds is 7. The Balaban J connectivity index is 2.22. The molecule has 0 fully saturated rings. The maximum Gasteiger partial charge on any atom is 0.380 e. The molecule has 0 atom stereocenters. The molecule has 1 aromatic carbocycles. The van der Waals surface area contributed by atoms with Crippen LogP contribution in [-0.2, 0) is 15.5 Å².